The quantitative estimate of drug-likeness (QED) is 0.483. The lowest BCUT2D eigenvalue weighted by Crippen LogP contribution is -2.37. The van der Waals surface area contributed by atoms with Crippen LogP contribution in [0.1, 0.15) is 28.7 Å². The number of nitro groups is 1. The Morgan fingerprint density at radius 1 is 1.17 bits per heavy atom. The Labute approximate surface area is 167 Å². The number of esters is 1. The first-order valence-electron chi connectivity index (χ1n) is 8.85. The zero-order chi connectivity index (χ0) is 21.2. The molecule has 3 atom stereocenters. The molecule has 3 rings (SSSR count). The van der Waals surface area contributed by atoms with Crippen molar-refractivity contribution in [2.24, 2.45) is 5.41 Å². The van der Waals surface area contributed by atoms with E-state index in [1.54, 1.807) is 18.2 Å². The molecule has 1 fully saturated rings. The van der Waals surface area contributed by atoms with E-state index in [0.717, 1.165) is 5.56 Å². The Balaban J connectivity index is 2.20. The van der Waals surface area contributed by atoms with Crippen LogP contribution in [0.2, 0.25) is 0 Å². The van der Waals surface area contributed by atoms with Crippen molar-refractivity contribution in [3.05, 3.63) is 75.3 Å². The van der Waals surface area contributed by atoms with Crippen molar-refractivity contribution in [3.63, 3.8) is 0 Å². The van der Waals surface area contributed by atoms with Gasteiger partial charge in [0.1, 0.15) is 6.04 Å². The van der Waals surface area contributed by atoms with Crippen molar-refractivity contribution in [1.82, 2.24) is 5.32 Å². The van der Waals surface area contributed by atoms with Crippen LogP contribution in [0.25, 0.3) is 0 Å². The summed E-state index contributed by atoms with van der Waals surface area (Å²) in [5.41, 5.74) is 0.162. The lowest BCUT2D eigenvalue weighted by Gasteiger charge is -2.27. The van der Waals surface area contributed by atoms with Gasteiger partial charge in [0.15, 0.2) is 5.41 Å². The smallest absolute Gasteiger partial charge is 0.323 e. The number of rotatable bonds is 4. The molecule has 8 nitrogen and oxygen atoms in total. The van der Waals surface area contributed by atoms with Gasteiger partial charge >= 0.3 is 5.97 Å². The van der Waals surface area contributed by atoms with E-state index < -0.39 is 34.3 Å². The standard InChI is InChI=1S/C21H18N4O4/c1-13-6-8-14(9-7-13)17-18(20(26)29-2)24-19(21(17,11-22)12-23)15-4-3-5-16(10-15)25(27)28/h3-10,17-19,24H,1-2H3/t17-,18+,19-/m0/s1. The predicted molar refractivity (Wildman–Crippen MR) is 102 cm³/mol. The maximum absolute atomic E-state index is 12.5. The number of methoxy groups -OCH3 is 1. The van der Waals surface area contributed by atoms with E-state index in [1.165, 1.54) is 25.3 Å². The molecule has 29 heavy (non-hydrogen) atoms. The molecule has 1 aliphatic rings. The minimum Gasteiger partial charge on any atom is -0.468 e. The largest absolute Gasteiger partial charge is 0.468 e. The highest BCUT2D eigenvalue weighted by molar-refractivity contribution is 5.79. The fourth-order valence-corrected chi connectivity index (χ4v) is 3.88. The van der Waals surface area contributed by atoms with Gasteiger partial charge in [0.05, 0.1) is 30.2 Å². The lowest BCUT2D eigenvalue weighted by atomic mass is 9.68. The number of hydrogen-bond donors (Lipinski definition) is 1. The maximum atomic E-state index is 12.5. The molecular formula is C21H18N4O4. The van der Waals surface area contributed by atoms with Gasteiger partial charge in [0.25, 0.3) is 5.69 Å². The minimum atomic E-state index is -1.68. The van der Waals surface area contributed by atoms with E-state index >= 15 is 0 Å². The molecular weight excluding hydrogens is 372 g/mol. The topological polar surface area (TPSA) is 129 Å². The summed E-state index contributed by atoms with van der Waals surface area (Å²) in [6.45, 7) is 1.90. The van der Waals surface area contributed by atoms with Crippen molar-refractivity contribution in [1.29, 1.82) is 10.5 Å². The second kappa shape index (κ2) is 7.70. The second-order valence-corrected chi connectivity index (χ2v) is 6.93. The number of aryl methyl sites for hydroxylation is 1. The van der Waals surface area contributed by atoms with Gasteiger partial charge in [-0.25, -0.2) is 0 Å². The minimum absolute atomic E-state index is 0.164. The number of ether oxygens (including phenoxy) is 1. The van der Waals surface area contributed by atoms with Gasteiger partial charge < -0.3 is 4.74 Å². The number of hydrogen-bond acceptors (Lipinski definition) is 7. The molecule has 0 bridgehead atoms. The summed E-state index contributed by atoms with van der Waals surface area (Å²) in [5.74, 6) is -1.44. The molecule has 8 heteroatoms. The summed E-state index contributed by atoms with van der Waals surface area (Å²) in [7, 11) is 1.23. The van der Waals surface area contributed by atoms with Gasteiger partial charge in [0.2, 0.25) is 0 Å². The highest BCUT2D eigenvalue weighted by Gasteiger charge is 2.60. The fraction of sp³-hybridized carbons (Fsp3) is 0.286. The van der Waals surface area contributed by atoms with Crippen LogP contribution in [-0.2, 0) is 9.53 Å². The Hall–Kier alpha value is -3.75. The van der Waals surface area contributed by atoms with E-state index in [2.05, 4.69) is 17.5 Å². The molecule has 0 amide bonds. The van der Waals surface area contributed by atoms with Crippen molar-refractivity contribution in [2.75, 3.05) is 7.11 Å². The van der Waals surface area contributed by atoms with Crippen LogP contribution in [0.4, 0.5) is 5.69 Å². The van der Waals surface area contributed by atoms with Crippen LogP contribution >= 0.6 is 0 Å². The van der Waals surface area contributed by atoms with Crippen molar-refractivity contribution >= 4 is 11.7 Å². The van der Waals surface area contributed by atoms with Crippen molar-refractivity contribution < 1.29 is 14.5 Å². The van der Waals surface area contributed by atoms with Crippen LogP contribution in [0, 0.1) is 45.1 Å². The van der Waals surface area contributed by atoms with Gasteiger partial charge in [-0.1, -0.05) is 42.0 Å². The summed E-state index contributed by atoms with van der Waals surface area (Å²) in [5, 5.41) is 34.4. The third-order valence-corrected chi connectivity index (χ3v) is 5.30. The Morgan fingerprint density at radius 2 is 1.83 bits per heavy atom. The Morgan fingerprint density at radius 3 is 2.38 bits per heavy atom. The number of nitriles is 2. The van der Waals surface area contributed by atoms with Gasteiger partial charge in [-0.2, -0.15) is 10.5 Å². The third-order valence-electron chi connectivity index (χ3n) is 5.30. The molecule has 0 aromatic heterocycles. The van der Waals surface area contributed by atoms with E-state index in [0.29, 0.717) is 11.1 Å². The van der Waals surface area contributed by atoms with E-state index in [4.69, 9.17) is 4.74 Å². The molecule has 0 aliphatic carbocycles. The van der Waals surface area contributed by atoms with Gasteiger partial charge in [0, 0.05) is 18.1 Å². The first-order chi connectivity index (χ1) is 13.9. The molecule has 0 spiro atoms. The highest BCUT2D eigenvalue weighted by atomic mass is 16.6. The number of nitro benzene ring substituents is 1. The molecule has 0 radical (unpaired) electrons. The van der Waals surface area contributed by atoms with E-state index in [9.17, 15) is 25.4 Å². The summed E-state index contributed by atoms with van der Waals surface area (Å²) >= 11 is 0. The van der Waals surface area contributed by atoms with Gasteiger partial charge in [-0.3, -0.25) is 20.2 Å². The van der Waals surface area contributed by atoms with Crippen molar-refractivity contribution in [2.45, 2.75) is 24.9 Å². The fourth-order valence-electron chi connectivity index (χ4n) is 3.88. The first kappa shape index (κ1) is 20.0. The molecule has 1 N–H and O–H groups in total. The summed E-state index contributed by atoms with van der Waals surface area (Å²) < 4.78 is 4.91. The average molecular weight is 390 g/mol. The maximum Gasteiger partial charge on any atom is 0.323 e. The van der Waals surface area contributed by atoms with Crippen LogP contribution in [0.15, 0.2) is 48.5 Å². The molecule has 0 unspecified atom stereocenters. The SMILES string of the molecule is COC(=O)[C@@H]1N[C@@H](c2cccc([N+](=O)[O-])c2)C(C#N)(C#N)[C@H]1c1ccc(C)cc1. The van der Waals surface area contributed by atoms with Gasteiger partial charge in [-0.15, -0.1) is 0 Å². The van der Waals surface area contributed by atoms with Crippen LogP contribution in [0.3, 0.4) is 0 Å². The lowest BCUT2D eigenvalue weighted by molar-refractivity contribution is -0.384. The molecule has 1 aliphatic heterocycles. The second-order valence-electron chi connectivity index (χ2n) is 6.93. The van der Waals surface area contributed by atoms with Crippen LogP contribution < -0.4 is 5.32 Å². The number of carbonyl (C=O) groups excluding carboxylic acids is 1. The van der Waals surface area contributed by atoms with Gasteiger partial charge in [-0.05, 0) is 18.1 Å². The summed E-state index contributed by atoms with van der Waals surface area (Å²) in [4.78, 5) is 23.2. The number of benzene rings is 2. The average Bonchev–Trinajstić information content (AvgIpc) is 3.09. The number of non-ortho nitro benzene ring substituents is 1. The van der Waals surface area contributed by atoms with Crippen molar-refractivity contribution in [3.8, 4) is 12.1 Å². The molecule has 1 heterocycles. The molecule has 0 saturated carbocycles. The summed E-state index contributed by atoms with van der Waals surface area (Å²) in [6, 6.07) is 15.2. The van der Waals surface area contributed by atoms with E-state index in [-0.39, 0.29) is 5.69 Å². The Kier molecular flexibility index (Phi) is 5.31. The highest BCUT2D eigenvalue weighted by Crippen LogP contribution is 2.52. The van der Waals surface area contributed by atoms with Crippen LogP contribution in [0.5, 0.6) is 0 Å². The van der Waals surface area contributed by atoms with E-state index in [1.807, 2.05) is 19.1 Å². The van der Waals surface area contributed by atoms with Crippen LogP contribution in [-0.4, -0.2) is 24.0 Å². The number of carbonyl (C=O) groups is 1. The molecule has 1 saturated heterocycles. The number of nitrogens with zero attached hydrogens (tertiary/aromatic N) is 3. The molecule has 146 valence electrons. The predicted octanol–water partition coefficient (Wildman–Crippen LogP) is 2.91. The first-order valence-corrected chi connectivity index (χ1v) is 8.85. The summed E-state index contributed by atoms with van der Waals surface area (Å²) in [6.07, 6.45) is 0. The zero-order valence-corrected chi connectivity index (χ0v) is 15.8. The number of nitrogens with one attached hydrogen (secondary N) is 1. The molecule has 2 aromatic carbocycles. The Bertz CT molecular complexity index is 1020. The third kappa shape index (κ3) is 3.31. The zero-order valence-electron chi connectivity index (χ0n) is 15.8. The normalized spacial score (nSPS) is 22.3. The monoisotopic (exact) mass is 390 g/mol. The molecule has 2 aromatic rings.